The van der Waals surface area contributed by atoms with Crippen LogP contribution in [0.25, 0.3) is 0 Å². The Morgan fingerprint density at radius 3 is 1.60 bits per heavy atom. The lowest BCUT2D eigenvalue weighted by atomic mass is 10.1. The Hall–Kier alpha value is -1.78. The quantitative estimate of drug-likeness (QED) is 0.539. The van der Waals surface area contributed by atoms with Crippen molar-refractivity contribution in [1.29, 1.82) is 0 Å². The van der Waals surface area contributed by atoms with E-state index in [1.54, 1.807) is 24.3 Å². The zero-order chi connectivity index (χ0) is 13.7. The summed E-state index contributed by atoms with van der Waals surface area (Å²) in [5.74, 6) is -0.290. The summed E-state index contributed by atoms with van der Waals surface area (Å²) in [6, 6.07) is 15.0. The molecule has 0 amide bonds. The second-order valence-corrected chi connectivity index (χ2v) is 6.88. The third kappa shape index (κ3) is 1.62. The Kier molecular flexibility index (Phi) is 2.62. The molecule has 1 aliphatic heterocycles. The van der Waals surface area contributed by atoms with Gasteiger partial charge in [-0.2, -0.15) is 0 Å². The van der Waals surface area contributed by atoms with Gasteiger partial charge in [0.2, 0.25) is 0 Å². The molecule has 20 heavy (non-hydrogen) atoms. The van der Waals surface area contributed by atoms with Gasteiger partial charge in [-0.25, -0.2) is 0 Å². The monoisotopic (exact) mass is 296 g/mol. The molecule has 0 N–H and O–H groups in total. The molecule has 4 heteroatoms. The van der Waals surface area contributed by atoms with Crippen molar-refractivity contribution >= 4 is 35.1 Å². The molecular formula is C16H8O2S2. The van der Waals surface area contributed by atoms with E-state index in [9.17, 15) is 9.59 Å². The van der Waals surface area contributed by atoms with Gasteiger partial charge in [0.15, 0.2) is 11.6 Å². The van der Waals surface area contributed by atoms with E-state index in [0.29, 0.717) is 16.7 Å². The Labute approximate surface area is 124 Å². The number of rotatable bonds is 0. The zero-order valence-corrected chi connectivity index (χ0v) is 11.9. The van der Waals surface area contributed by atoms with Gasteiger partial charge in [-0.3, -0.25) is 9.59 Å². The van der Waals surface area contributed by atoms with Crippen LogP contribution in [0, 0.1) is 0 Å². The zero-order valence-electron chi connectivity index (χ0n) is 10.3. The molecule has 2 aromatic rings. The number of thioether (sulfide) groups is 2. The molecule has 2 nitrogen and oxygen atoms in total. The van der Waals surface area contributed by atoms with E-state index in [1.807, 2.05) is 24.3 Å². The molecular weight excluding hydrogens is 288 g/mol. The maximum Gasteiger partial charge on any atom is 0.199 e. The second kappa shape index (κ2) is 4.36. The summed E-state index contributed by atoms with van der Waals surface area (Å²) in [6.07, 6.45) is 0. The van der Waals surface area contributed by atoms with Crippen molar-refractivity contribution in [2.75, 3.05) is 0 Å². The molecule has 1 aliphatic carbocycles. The van der Waals surface area contributed by atoms with Gasteiger partial charge in [0.05, 0.1) is 9.81 Å². The van der Waals surface area contributed by atoms with Crippen molar-refractivity contribution in [3.05, 3.63) is 69.5 Å². The van der Waals surface area contributed by atoms with Gasteiger partial charge in [0.25, 0.3) is 0 Å². The molecule has 0 radical (unpaired) electrons. The lowest BCUT2D eigenvalue weighted by Gasteiger charge is -1.98. The molecule has 2 aliphatic rings. The second-order valence-electron chi connectivity index (χ2n) is 4.52. The van der Waals surface area contributed by atoms with Crippen LogP contribution < -0.4 is 0 Å². The van der Waals surface area contributed by atoms with Crippen molar-refractivity contribution in [1.82, 2.24) is 0 Å². The Morgan fingerprint density at radius 1 is 0.650 bits per heavy atom. The topological polar surface area (TPSA) is 34.1 Å². The van der Waals surface area contributed by atoms with Crippen LogP contribution in [0.3, 0.4) is 0 Å². The first-order valence-electron chi connectivity index (χ1n) is 6.13. The third-order valence-electron chi connectivity index (χ3n) is 3.33. The van der Waals surface area contributed by atoms with Crippen molar-refractivity contribution in [3.63, 3.8) is 0 Å². The van der Waals surface area contributed by atoms with Crippen LogP contribution >= 0.6 is 23.5 Å². The molecule has 96 valence electrons. The minimum atomic E-state index is -0.145. The molecule has 0 saturated heterocycles. The average molecular weight is 296 g/mol. The lowest BCUT2D eigenvalue weighted by Crippen LogP contribution is -2.01. The molecule has 0 aromatic heterocycles. The first-order valence-corrected chi connectivity index (χ1v) is 7.76. The van der Waals surface area contributed by atoms with Crippen LogP contribution in [0.2, 0.25) is 0 Å². The summed E-state index contributed by atoms with van der Waals surface area (Å²) in [6.45, 7) is 0. The summed E-state index contributed by atoms with van der Waals surface area (Å²) in [4.78, 5) is 27.1. The van der Waals surface area contributed by atoms with E-state index in [4.69, 9.17) is 0 Å². The number of Topliss-reactive ketones (excluding diaryl/α,β-unsaturated/α-hetero) is 2. The Bertz CT molecular complexity index is 742. The fraction of sp³-hybridized carbons (Fsp3) is 0. The van der Waals surface area contributed by atoms with Crippen LogP contribution in [0.5, 0.6) is 0 Å². The molecule has 0 bridgehead atoms. The molecule has 0 fully saturated rings. The molecule has 0 atom stereocenters. The summed E-state index contributed by atoms with van der Waals surface area (Å²) in [7, 11) is 0. The number of benzene rings is 2. The predicted molar refractivity (Wildman–Crippen MR) is 80.3 cm³/mol. The molecule has 2 aromatic carbocycles. The molecule has 4 rings (SSSR count). The van der Waals surface area contributed by atoms with Crippen LogP contribution in [0.4, 0.5) is 0 Å². The molecule has 0 saturated carbocycles. The fourth-order valence-electron chi connectivity index (χ4n) is 2.38. The van der Waals surface area contributed by atoms with Crippen LogP contribution in [-0.2, 0) is 0 Å². The highest BCUT2D eigenvalue weighted by Crippen LogP contribution is 2.53. The smallest absolute Gasteiger partial charge is 0.199 e. The Morgan fingerprint density at radius 2 is 1.10 bits per heavy atom. The number of carbonyl (C=O) groups is 2. The summed E-state index contributed by atoms with van der Waals surface area (Å²) in [5.41, 5.74) is 1.38. The number of hydrogen-bond donors (Lipinski definition) is 0. The van der Waals surface area contributed by atoms with Crippen molar-refractivity contribution in [3.8, 4) is 0 Å². The van der Waals surface area contributed by atoms with Gasteiger partial charge in [0, 0.05) is 20.9 Å². The van der Waals surface area contributed by atoms with E-state index in [2.05, 4.69) is 0 Å². The maximum atomic E-state index is 12.4. The summed E-state index contributed by atoms with van der Waals surface area (Å²) < 4.78 is 0.803. The average Bonchev–Trinajstić information content (AvgIpc) is 3.00. The van der Waals surface area contributed by atoms with Gasteiger partial charge in [-0.15, -0.1) is 0 Å². The Balaban J connectivity index is 1.85. The number of fused-ring (bicyclic) bond motifs is 2. The normalized spacial score (nSPS) is 16.6. The van der Waals surface area contributed by atoms with Crippen molar-refractivity contribution in [2.45, 2.75) is 9.79 Å². The van der Waals surface area contributed by atoms with Gasteiger partial charge in [-0.1, -0.05) is 59.9 Å². The third-order valence-corrected chi connectivity index (χ3v) is 5.89. The largest absolute Gasteiger partial charge is 0.288 e. The van der Waals surface area contributed by atoms with E-state index < -0.39 is 0 Å². The number of carbonyl (C=O) groups excluding carboxylic acids is 2. The molecule has 0 spiro atoms. The SMILES string of the molecule is O=C1C(=C2Sc3ccccc3S2)C(=O)c2ccccc21. The van der Waals surface area contributed by atoms with Crippen LogP contribution in [0.1, 0.15) is 20.7 Å². The van der Waals surface area contributed by atoms with E-state index in [1.165, 1.54) is 23.5 Å². The highest BCUT2D eigenvalue weighted by molar-refractivity contribution is 8.24. The number of allylic oxidation sites excluding steroid dienone is 1. The highest BCUT2D eigenvalue weighted by Gasteiger charge is 2.37. The minimum Gasteiger partial charge on any atom is -0.288 e. The van der Waals surface area contributed by atoms with Crippen LogP contribution in [-0.4, -0.2) is 11.6 Å². The first-order chi connectivity index (χ1) is 9.75. The van der Waals surface area contributed by atoms with E-state index in [-0.39, 0.29) is 11.6 Å². The predicted octanol–water partition coefficient (Wildman–Crippen LogP) is 4.18. The fourth-order valence-corrected chi connectivity index (χ4v) is 4.94. The van der Waals surface area contributed by atoms with E-state index >= 15 is 0 Å². The molecule has 1 heterocycles. The van der Waals surface area contributed by atoms with Gasteiger partial charge in [-0.05, 0) is 12.1 Å². The van der Waals surface area contributed by atoms with Crippen molar-refractivity contribution in [2.24, 2.45) is 0 Å². The lowest BCUT2D eigenvalue weighted by molar-refractivity contribution is 0.0989. The number of ketones is 2. The standard InChI is InChI=1S/C16H8O2S2/c17-14-9-5-1-2-6-10(9)15(18)13(14)16-19-11-7-3-4-8-12(11)20-16/h1-8H. The van der Waals surface area contributed by atoms with Crippen molar-refractivity contribution < 1.29 is 9.59 Å². The van der Waals surface area contributed by atoms with Gasteiger partial charge < -0.3 is 0 Å². The summed E-state index contributed by atoms with van der Waals surface area (Å²) >= 11 is 3.02. The maximum absolute atomic E-state index is 12.4. The molecule has 0 unspecified atom stereocenters. The highest BCUT2D eigenvalue weighted by atomic mass is 32.2. The number of hydrogen-bond acceptors (Lipinski definition) is 4. The van der Waals surface area contributed by atoms with E-state index in [0.717, 1.165) is 14.0 Å². The summed E-state index contributed by atoms with van der Waals surface area (Å²) in [5, 5.41) is 0. The first kappa shape index (κ1) is 12.0. The van der Waals surface area contributed by atoms with Crippen LogP contribution in [0.15, 0.2) is 68.1 Å². The van der Waals surface area contributed by atoms with Gasteiger partial charge >= 0.3 is 0 Å². The minimum absolute atomic E-state index is 0.145. The van der Waals surface area contributed by atoms with Gasteiger partial charge in [0.1, 0.15) is 0 Å².